The maximum atomic E-state index is 13.3. The first-order valence-corrected chi connectivity index (χ1v) is 7.12. The van der Waals surface area contributed by atoms with Gasteiger partial charge in [0.1, 0.15) is 5.82 Å². The Balaban J connectivity index is 1.70. The van der Waals surface area contributed by atoms with Gasteiger partial charge in [-0.15, -0.1) is 0 Å². The van der Waals surface area contributed by atoms with Crippen molar-refractivity contribution < 1.29 is 23.1 Å². The van der Waals surface area contributed by atoms with Gasteiger partial charge in [-0.2, -0.15) is 0 Å². The van der Waals surface area contributed by atoms with Gasteiger partial charge in [0.15, 0.2) is 11.6 Å². The molecule has 1 atom stereocenters. The Labute approximate surface area is 127 Å². The lowest BCUT2D eigenvalue weighted by molar-refractivity contribution is -0.130. The fourth-order valence-electron chi connectivity index (χ4n) is 2.37. The zero-order valence-electron chi connectivity index (χ0n) is 12.1. The number of rotatable bonds is 6. The van der Waals surface area contributed by atoms with E-state index >= 15 is 0 Å². The van der Waals surface area contributed by atoms with Crippen molar-refractivity contribution in [2.75, 3.05) is 19.7 Å². The average molecular weight is 312 g/mol. The number of carbonyl (C=O) groups is 2. The molecule has 0 saturated carbocycles. The summed E-state index contributed by atoms with van der Waals surface area (Å²) in [4.78, 5) is 24.6. The molecule has 0 unspecified atom stereocenters. The Morgan fingerprint density at radius 3 is 2.77 bits per heavy atom. The molecule has 7 heteroatoms. The minimum atomic E-state index is -0.768. The van der Waals surface area contributed by atoms with Gasteiger partial charge in [0, 0.05) is 25.6 Å². The van der Waals surface area contributed by atoms with Crippen molar-refractivity contribution in [2.45, 2.75) is 19.3 Å². The summed E-state index contributed by atoms with van der Waals surface area (Å²) in [7, 11) is 0. The van der Waals surface area contributed by atoms with Gasteiger partial charge in [0.05, 0.1) is 12.5 Å². The standard InChI is InChI=1S/C15H18F2N2O3/c16-11-3-4-13(12(17)8-11)22-7-1-2-14(20)19-6-5-10(9-19)15(18)21/h3-4,8,10H,1-2,5-7,9H2,(H2,18,21)/t10-/m0/s1. The molecule has 1 fully saturated rings. The van der Waals surface area contributed by atoms with Crippen LogP contribution < -0.4 is 10.5 Å². The molecule has 1 heterocycles. The second-order valence-corrected chi connectivity index (χ2v) is 5.25. The van der Waals surface area contributed by atoms with E-state index in [1.165, 1.54) is 6.07 Å². The zero-order chi connectivity index (χ0) is 16.1. The third kappa shape index (κ3) is 4.16. The number of nitrogens with zero attached hydrogens (tertiary/aromatic N) is 1. The van der Waals surface area contributed by atoms with Gasteiger partial charge in [0.2, 0.25) is 11.8 Å². The normalized spacial score (nSPS) is 17.5. The summed E-state index contributed by atoms with van der Waals surface area (Å²) in [6, 6.07) is 3.07. The lowest BCUT2D eigenvalue weighted by Crippen LogP contribution is -2.31. The van der Waals surface area contributed by atoms with Gasteiger partial charge < -0.3 is 15.4 Å². The van der Waals surface area contributed by atoms with Gasteiger partial charge in [-0.05, 0) is 25.0 Å². The van der Waals surface area contributed by atoms with Crippen molar-refractivity contribution in [3.63, 3.8) is 0 Å². The Kier molecular flexibility index (Phi) is 5.30. The predicted molar refractivity (Wildman–Crippen MR) is 75.0 cm³/mol. The number of primary amides is 1. The SMILES string of the molecule is NC(=O)[C@H]1CCN(C(=O)CCCOc2ccc(F)cc2F)C1. The summed E-state index contributed by atoms with van der Waals surface area (Å²) in [5.41, 5.74) is 5.21. The van der Waals surface area contributed by atoms with Crippen molar-refractivity contribution in [1.29, 1.82) is 0 Å². The molecule has 2 rings (SSSR count). The molecule has 0 bridgehead atoms. The second kappa shape index (κ2) is 7.20. The van der Waals surface area contributed by atoms with Gasteiger partial charge >= 0.3 is 0 Å². The van der Waals surface area contributed by atoms with Crippen LogP contribution in [0.15, 0.2) is 18.2 Å². The molecule has 1 aliphatic rings. The first-order chi connectivity index (χ1) is 10.5. The number of amides is 2. The molecule has 5 nitrogen and oxygen atoms in total. The van der Waals surface area contributed by atoms with E-state index in [0.717, 1.165) is 12.1 Å². The largest absolute Gasteiger partial charge is 0.491 e. The van der Waals surface area contributed by atoms with Gasteiger partial charge in [-0.3, -0.25) is 9.59 Å². The molecule has 0 radical (unpaired) electrons. The first-order valence-electron chi connectivity index (χ1n) is 7.12. The van der Waals surface area contributed by atoms with Crippen LogP contribution in [0.2, 0.25) is 0 Å². The van der Waals surface area contributed by atoms with Crippen molar-refractivity contribution in [3.05, 3.63) is 29.8 Å². The molecule has 0 aromatic heterocycles. The van der Waals surface area contributed by atoms with Crippen LogP contribution in [-0.2, 0) is 9.59 Å². The van der Waals surface area contributed by atoms with E-state index in [-0.39, 0.29) is 36.5 Å². The zero-order valence-corrected chi connectivity index (χ0v) is 12.1. The van der Waals surface area contributed by atoms with Crippen LogP contribution in [0, 0.1) is 17.6 Å². The molecular weight excluding hydrogens is 294 g/mol. The van der Waals surface area contributed by atoms with Crippen LogP contribution in [-0.4, -0.2) is 36.4 Å². The number of carbonyl (C=O) groups excluding carboxylic acids is 2. The molecule has 1 aromatic rings. The molecule has 2 N–H and O–H groups in total. The van der Waals surface area contributed by atoms with E-state index < -0.39 is 11.6 Å². The summed E-state index contributed by atoms with van der Waals surface area (Å²) in [6.45, 7) is 1.04. The summed E-state index contributed by atoms with van der Waals surface area (Å²) >= 11 is 0. The number of benzene rings is 1. The van der Waals surface area contributed by atoms with Crippen LogP contribution in [0.25, 0.3) is 0 Å². The highest BCUT2D eigenvalue weighted by atomic mass is 19.1. The Morgan fingerprint density at radius 1 is 1.36 bits per heavy atom. The molecular formula is C15H18F2N2O3. The summed E-state index contributed by atoms with van der Waals surface area (Å²) in [5, 5.41) is 0. The molecule has 1 aromatic carbocycles. The fourth-order valence-corrected chi connectivity index (χ4v) is 2.37. The van der Waals surface area contributed by atoms with Crippen molar-refractivity contribution in [1.82, 2.24) is 4.90 Å². The number of hydrogen-bond donors (Lipinski definition) is 1. The Bertz CT molecular complexity index is 566. The smallest absolute Gasteiger partial charge is 0.222 e. The minimum absolute atomic E-state index is 0.0381. The van der Waals surface area contributed by atoms with Crippen molar-refractivity contribution >= 4 is 11.8 Å². The van der Waals surface area contributed by atoms with Gasteiger partial charge in [-0.25, -0.2) is 8.78 Å². The maximum Gasteiger partial charge on any atom is 0.222 e. The lowest BCUT2D eigenvalue weighted by atomic mass is 10.1. The van der Waals surface area contributed by atoms with E-state index in [1.807, 2.05) is 0 Å². The Hall–Kier alpha value is -2.18. The quantitative estimate of drug-likeness (QED) is 0.808. The van der Waals surface area contributed by atoms with Crippen molar-refractivity contribution in [3.8, 4) is 5.75 Å². The molecule has 0 aliphatic carbocycles. The number of ether oxygens (including phenoxy) is 1. The Morgan fingerprint density at radius 2 is 2.14 bits per heavy atom. The summed E-state index contributed by atoms with van der Waals surface area (Å²) in [5.74, 6) is -2.21. The lowest BCUT2D eigenvalue weighted by Gasteiger charge is -2.16. The molecule has 120 valence electrons. The predicted octanol–water partition coefficient (Wildman–Crippen LogP) is 1.46. The van der Waals surface area contributed by atoms with Crippen LogP contribution >= 0.6 is 0 Å². The molecule has 22 heavy (non-hydrogen) atoms. The minimum Gasteiger partial charge on any atom is -0.491 e. The highest BCUT2D eigenvalue weighted by Gasteiger charge is 2.29. The third-order valence-electron chi connectivity index (χ3n) is 3.63. The highest BCUT2D eigenvalue weighted by Crippen LogP contribution is 2.19. The topological polar surface area (TPSA) is 72.6 Å². The van der Waals surface area contributed by atoms with Crippen molar-refractivity contribution in [2.24, 2.45) is 11.7 Å². The molecule has 0 spiro atoms. The number of likely N-dealkylation sites (tertiary alicyclic amines) is 1. The number of nitrogens with two attached hydrogens (primary N) is 1. The van der Waals surface area contributed by atoms with E-state index in [1.54, 1.807) is 4.90 Å². The average Bonchev–Trinajstić information content (AvgIpc) is 2.95. The number of hydrogen-bond acceptors (Lipinski definition) is 3. The summed E-state index contributed by atoms with van der Waals surface area (Å²) < 4.78 is 31.2. The summed E-state index contributed by atoms with van der Waals surface area (Å²) in [6.07, 6.45) is 1.25. The monoisotopic (exact) mass is 312 g/mol. The van der Waals surface area contributed by atoms with Crippen LogP contribution in [0.1, 0.15) is 19.3 Å². The second-order valence-electron chi connectivity index (χ2n) is 5.25. The van der Waals surface area contributed by atoms with Crippen LogP contribution in [0.5, 0.6) is 5.75 Å². The fraction of sp³-hybridized carbons (Fsp3) is 0.467. The molecule has 1 saturated heterocycles. The van der Waals surface area contributed by atoms with Crippen LogP contribution in [0.3, 0.4) is 0 Å². The van der Waals surface area contributed by atoms with Crippen LogP contribution in [0.4, 0.5) is 8.78 Å². The van der Waals surface area contributed by atoms with E-state index in [4.69, 9.17) is 10.5 Å². The maximum absolute atomic E-state index is 13.3. The van der Waals surface area contributed by atoms with E-state index in [0.29, 0.717) is 25.9 Å². The molecule has 1 aliphatic heterocycles. The molecule has 2 amide bonds. The van der Waals surface area contributed by atoms with E-state index in [9.17, 15) is 18.4 Å². The van der Waals surface area contributed by atoms with E-state index in [2.05, 4.69) is 0 Å². The van der Waals surface area contributed by atoms with Gasteiger partial charge in [0.25, 0.3) is 0 Å². The number of halogens is 2. The van der Waals surface area contributed by atoms with Gasteiger partial charge in [-0.1, -0.05) is 0 Å². The highest BCUT2D eigenvalue weighted by molar-refractivity contribution is 5.81. The first kappa shape index (κ1) is 16.2. The third-order valence-corrected chi connectivity index (χ3v) is 3.63.